The van der Waals surface area contributed by atoms with Crippen molar-refractivity contribution in [2.24, 2.45) is 0 Å². The minimum Gasteiger partial charge on any atom is -0.371 e. The van der Waals surface area contributed by atoms with E-state index in [2.05, 4.69) is 0 Å². The molecule has 0 aliphatic carbocycles. The summed E-state index contributed by atoms with van der Waals surface area (Å²) in [5.41, 5.74) is 0.509. The monoisotopic (exact) mass is 258 g/mol. The van der Waals surface area contributed by atoms with Crippen LogP contribution in [0.1, 0.15) is 25.8 Å². The van der Waals surface area contributed by atoms with Crippen LogP contribution in [0, 0.1) is 5.82 Å². The number of Topliss-reactive ketones (excluding diaryl/α,β-unsaturated/α-hetero) is 1. The Kier molecular flexibility index (Phi) is 5.59. The molecule has 0 amide bonds. The first-order valence-electron chi connectivity index (χ1n) is 5.66. The summed E-state index contributed by atoms with van der Waals surface area (Å²) >= 11 is 5.91. The molecule has 0 saturated heterocycles. The van der Waals surface area contributed by atoms with Gasteiger partial charge in [0, 0.05) is 18.1 Å². The van der Waals surface area contributed by atoms with Gasteiger partial charge in [0.25, 0.3) is 0 Å². The summed E-state index contributed by atoms with van der Waals surface area (Å²) in [4.78, 5) is 11.9. The summed E-state index contributed by atoms with van der Waals surface area (Å²) in [6.07, 6.45) is 0.286. The molecule has 1 aromatic rings. The van der Waals surface area contributed by atoms with Crippen LogP contribution in [0.25, 0.3) is 0 Å². The van der Waals surface area contributed by atoms with E-state index in [-0.39, 0.29) is 18.0 Å². The molecule has 1 atom stereocenters. The van der Waals surface area contributed by atoms with Gasteiger partial charge >= 0.3 is 0 Å². The van der Waals surface area contributed by atoms with Gasteiger partial charge in [0.15, 0.2) is 5.78 Å². The lowest BCUT2D eigenvalue weighted by Crippen LogP contribution is -2.25. The maximum absolute atomic E-state index is 13.0. The first-order valence-corrected chi connectivity index (χ1v) is 6.04. The second-order valence-corrected chi connectivity index (χ2v) is 4.14. The number of ether oxygens (including phenoxy) is 1. The number of hydrogen-bond donors (Lipinski definition) is 0. The molecule has 0 aromatic heterocycles. The number of ketones is 1. The number of carbonyl (C=O) groups excluding carboxylic acids is 1. The summed E-state index contributed by atoms with van der Waals surface area (Å²) < 4.78 is 18.3. The quantitative estimate of drug-likeness (QED) is 0.782. The molecule has 0 N–H and O–H groups in total. The highest BCUT2D eigenvalue weighted by Gasteiger charge is 2.18. The van der Waals surface area contributed by atoms with Crippen LogP contribution >= 0.6 is 11.6 Å². The lowest BCUT2D eigenvalue weighted by molar-refractivity contribution is -0.129. The predicted molar refractivity (Wildman–Crippen MR) is 65.8 cm³/mol. The molecule has 0 saturated carbocycles. The Morgan fingerprint density at radius 3 is 2.76 bits per heavy atom. The first-order chi connectivity index (χ1) is 8.08. The Morgan fingerprint density at radius 1 is 1.47 bits per heavy atom. The van der Waals surface area contributed by atoms with E-state index in [9.17, 15) is 9.18 Å². The van der Waals surface area contributed by atoms with Crippen molar-refractivity contribution in [3.8, 4) is 0 Å². The van der Waals surface area contributed by atoms with Crippen molar-refractivity contribution in [1.82, 2.24) is 0 Å². The van der Waals surface area contributed by atoms with E-state index in [0.29, 0.717) is 23.6 Å². The average molecular weight is 259 g/mol. The number of rotatable bonds is 6. The highest BCUT2D eigenvalue weighted by atomic mass is 35.5. The zero-order valence-corrected chi connectivity index (χ0v) is 10.8. The maximum atomic E-state index is 13.0. The molecule has 0 bridgehead atoms. The minimum atomic E-state index is -0.431. The highest BCUT2D eigenvalue weighted by molar-refractivity contribution is 6.31. The van der Waals surface area contributed by atoms with Crippen molar-refractivity contribution in [2.75, 3.05) is 6.61 Å². The topological polar surface area (TPSA) is 26.3 Å². The average Bonchev–Trinajstić information content (AvgIpc) is 2.30. The van der Waals surface area contributed by atoms with E-state index in [1.165, 1.54) is 18.2 Å². The van der Waals surface area contributed by atoms with Crippen LogP contribution in [0.4, 0.5) is 4.39 Å². The van der Waals surface area contributed by atoms with Gasteiger partial charge in [0.1, 0.15) is 11.9 Å². The molecule has 0 spiro atoms. The fourth-order valence-corrected chi connectivity index (χ4v) is 1.80. The van der Waals surface area contributed by atoms with E-state index in [4.69, 9.17) is 16.3 Å². The summed E-state index contributed by atoms with van der Waals surface area (Å²) in [6.45, 7) is 4.21. The van der Waals surface area contributed by atoms with Crippen molar-refractivity contribution in [1.29, 1.82) is 0 Å². The molecule has 4 heteroatoms. The van der Waals surface area contributed by atoms with E-state index >= 15 is 0 Å². The van der Waals surface area contributed by atoms with E-state index in [1.54, 1.807) is 0 Å². The third-order valence-corrected chi connectivity index (χ3v) is 2.84. The smallest absolute Gasteiger partial charge is 0.165 e. The Labute approximate surface area is 106 Å². The molecule has 0 heterocycles. The normalized spacial score (nSPS) is 12.5. The molecule has 0 radical (unpaired) electrons. The highest BCUT2D eigenvalue weighted by Crippen LogP contribution is 2.19. The number of carbonyl (C=O) groups is 1. The fraction of sp³-hybridized carbons (Fsp3) is 0.462. The van der Waals surface area contributed by atoms with Gasteiger partial charge in [-0.05, 0) is 37.1 Å². The number of hydrogen-bond acceptors (Lipinski definition) is 2. The summed E-state index contributed by atoms with van der Waals surface area (Å²) in [5, 5.41) is 0.408. The summed E-state index contributed by atoms with van der Waals surface area (Å²) in [6, 6.07) is 4.02. The van der Waals surface area contributed by atoms with Gasteiger partial charge in [-0.25, -0.2) is 4.39 Å². The van der Waals surface area contributed by atoms with Gasteiger partial charge in [-0.2, -0.15) is 0 Å². The zero-order valence-electron chi connectivity index (χ0n) is 10.0. The van der Waals surface area contributed by atoms with Gasteiger partial charge in [-0.15, -0.1) is 0 Å². The molecule has 1 aromatic carbocycles. The van der Waals surface area contributed by atoms with Gasteiger partial charge in [0.05, 0.1) is 0 Å². The SMILES string of the molecule is CCOC(CC)C(=O)Cc1cc(F)ccc1Cl. The van der Waals surface area contributed by atoms with Crippen molar-refractivity contribution in [3.05, 3.63) is 34.6 Å². The molecule has 0 aliphatic heterocycles. The van der Waals surface area contributed by atoms with Crippen LogP contribution in [0.3, 0.4) is 0 Å². The van der Waals surface area contributed by atoms with Crippen LogP contribution in [0.15, 0.2) is 18.2 Å². The molecule has 1 unspecified atom stereocenters. The van der Waals surface area contributed by atoms with Gasteiger partial charge < -0.3 is 4.74 Å². The Bertz CT molecular complexity index is 393. The number of halogens is 2. The van der Waals surface area contributed by atoms with Crippen molar-refractivity contribution < 1.29 is 13.9 Å². The summed E-state index contributed by atoms with van der Waals surface area (Å²) in [5.74, 6) is -0.455. The van der Waals surface area contributed by atoms with Crippen LogP contribution in [-0.4, -0.2) is 18.5 Å². The second-order valence-electron chi connectivity index (χ2n) is 3.73. The van der Waals surface area contributed by atoms with E-state index in [1.807, 2.05) is 13.8 Å². The molecule has 17 heavy (non-hydrogen) atoms. The van der Waals surface area contributed by atoms with Crippen LogP contribution in [0.5, 0.6) is 0 Å². The van der Waals surface area contributed by atoms with Gasteiger partial charge in [0.2, 0.25) is 0 Å². The fourth-order valence-electron chi connectivity index (χ4n) is 1.62. The standard InChI is InChI=1S/C13H16ClFO2/c1-3-13(17-4-2)12(16)8-9-7-10(15)5-6-11(9)14/h5-7,13H,3-4,8H2,1-2H3. The Morgan fingerprint density at radius 2 is 2.18 bits per heavy atom. The maximum Gasteiger partial charge on any atom is 0.165 e. The molecule has 0 fully saturated rings. The number of benzene rings is 1. The lowest BCUT2D eigenvalue weighted by Gasteiger charge is -2.14. The van der Waals surface area contributed by atoms with Crippen LogP contribution in [-0.2, 0) is 16.0 Å². The Hall–Kier alpha value is -0.930. The third kappa shape index (κ3) is 4.10. The van der Waals surface area contributed by atoms with Crippen LogP contribution < -0.4 is 0 Å². The lowest BCUT2D eigenvalue weighted by atomic mass is 10.0. The Balaban J connectivity index is 2.76. The predicted octanol–water partition coefficient (Wildman–Crippen LogP) is 3.41. The van der Waals surface area contributed by atoms with Gasteiger partial charge in [-0.3, -0.25) is 4.79 Å². The zero-order chi connectivity index (χ0) is 12.8. The molecular formula is C13H16ClFO2. The second kappa shape index (κ2) is 6.72. The third-order valence-electron chi connectivity index (χ3n) is 2.47. The largest absolute Gasteiger partial charge is 0.371 e. The van der Waals surface area contributed by atoms with Crippen molar-refractivity contribution in [2.45, 2.75) is 32.8 Å². The molecular weight excluding hydrogens is 243 g/mol. The van der Waals surface area contributed by atoms with Crippen LogP contribution in [0.2, 0.25) is 5.02 Å². The molecule has 2 nitrogen and oxygen atoms in total. The minimum absolute atomic E-state index is 0.0677. The van der Waals surface area contributed by atoms with E-state index < -0.39 is 6.10 Å². The van der Waals surface area contributed by atoms with Crippen molar-refractivity contribution >= 4 is 17.4 Å². The first kappa shape index (κ1) is 14.1. The summed E-state index contributed by atoms with van der Waals surface area (Å²) in [7, 11) is 0. The molecule has 1 rings (SSSR count). The van der Waals surface area contributed by atoms with Crippen molar-refractivity contribution in [3.63, 3.8) is 0 Å². The van der Waals surface area contributed by atoms with E-state index in [0.717, 1.165) is 0 Å². The molecule has 0 aliphatic rings. The molecule has 94 valence electrons. The van der Waals surface area contributed by atoms with Gasteiger partial charge in [-0.1, -0.05) is 18.5 Å².